The number of unbranched alkanes of at least 4 members (excludes halogenated alkanes) is 1. The van der Waals surface area contributed by atoms with Crippen molar-refractivity contribution in [2.45, 2.75) is 35.6 Å². The summed E-state index contributed by atoms with van der Waals surface area (Å²) in [5.41, 5.74) is 0. The zero-order valence-corrected chi connectivity index (χ0v) is 8.18. The quantitative estimate of drug-likeness (QED) is 0.488. The first-order valence-corrected chi connectivity index (χ1v) is 7.16. The average molecular weight is 205 g/mol. The molecular formula is C6H14Sn+2. The molecule has 40 valence electrons. The Morgan fingerprint density at radius 1 is 1.29 bits per heavy atom. The van der Waals surface area contributed by atoms with Crippen LogP contribution in [0, 0.1) is 0 Å². The fraction of sp³-hybridized carbons (Fsp3) is 1.00. The van der Waals surface area contributed by atoms with E-state index < -0.39 is 0 Å². The van der Waals surface area contributed by atoms with Gasteiger partial charge in [-0.3, -0.25) is 0 Å². The van der Waals surface area contributed by atoms with E-state index >= 15 is 0 Å². The molecule has 0 amide bonds. The van der Waals surface area contributed by atoms with Crippen molar-refractivity contribution in [3.63, 3.8) is 0 Å². The van der Waals surface area contributed by atoms with Crippen molar-refractivity contribution in [3.05, 3.63) is 0 Å². The number of hydrogen-bond donors (Lipinski definition) is 0. The SMILES string of the molecule is CCC[CH2][Sn+2][CH2]C. The van der Waals surface area contributed by atoms with E-state index in [9.17, 15) is 0 Å². The van der Waals surface area contributed by atoms with Crippen LogP contribution < -0.4 is 0 Å². The van der Waals surface area contributed by atoms with Gasteiger partial charge in [0.05, 0.1) is 0 Å². The van der Waals surface area contributed by atoms with Crippen LogP contribution in [0.1, 0.15) is 26.7 Å². The Bertz CT molecular complexity index is 23.4. The van der Waals surface area contributed by atoms with E-state index in [1.54, 1.807) is 4.44 Å². The maximum atomic E-state index is 2.32. The van der Waals surface area contributed by atoms with Crippen LogP contribution in [-0.2, 0) is 0 Å². The molecule has 0 atom stereocenters. The zero-order chi connectivity index (χ0) is 5.54. The Kier molecular flexibility index (Phi) is 7.57. The Balaban J connectivity index is 2.45. The first-order chi connectivity index (χ1) is 3.41. The van der Waals surface area contributed by atoms with Gasteiger partial charge in [0, 0.05) is 0 Å². The van der Waals surface area contributed by atoms with Crippen molar-refractivity contribution < 1.29 is 0 Å². The molecule has 0 aromatic heterocycles. The zero-order valence-electron chi connectivity index (χ0n) is 5.33. The van der Waals surface area contributed by atoms with Gasteiger partial charge in [-0.25, -0.2) is 0 Å². The molecule has 0 aliphatic rings. The summed E-state index contributed by atoms with van der Waals surface area (Å²) in [5, 5.41) is 0. The molecule has 0 aliphatic carbocycles. The molecule has 0 nitrogen and oxygen atoms in total. The first-order valence-electron chi connectivity index (χ1n) is 3.12. The predicted octanol–water partition coefficient (Wildman–Crippen LogP) is 2.35. The van der Waals surface area contributed by atoms with E-state index in [0.717, 1.165) is 0 Å². The van der Waals surface area contributed by atoms with Crippen LogP contribution >= 0.6 is 0 Å². The monoisotopic (exact) mass is 206 g/mol. The summed E-state index contributed by atoms with van der Waals surface area (Å²) in [6, 6.07) is 0. The van der Waals surface area contributed by atoms with Crippen molar-refractivity contribution >= 4 is 21.1 Å². The summed E-state index contributed by atoms with van der Waals surface area (Å²) in [6.07, 6.45) is 2.90. The van der Waals surface area contributed by atoms with E-state index in [0.29, 0.717) is 0 Å². The minimum atomic E-state index is 0.184. The molecule has 0 spiro atoms. The fourth-order valence-electron chi connectivity index (χ4n) is 0.479. The van der Waals surface area contributed by atoms with Crippen LogP contribution in [0.3, 0.4) is 0 Å². The van der Waals surface area contributed by atoms with E-state index in [-0.39, 0.29) is 21.1 Å². The van der Waals surface area contributed by atoms with Gasteiger partial charge in [-0.15, -0.1) is 0 Å². The molecule has 0 bridgehead atoms. The van der Waals surface area contributed by atoms with E-state index in [1.165, 1.54) is 17.3 Å². The van der Waals surface area contributed by atoms with Gasteiger partial charge in [0.25, 0.3) is 0 Å². The molecule has 0 fully saturated rings. The fourth-order valence-corrected chi connectivity index (χ4v) is 3.21. The normalized spacial score (nSPS) is 8.29. The third-order valence-electron chi connectivity index (χ3n) is 0.957. The van der Waals surface area contributed by atoms with Crippen molar-refractivity contribution in [2.24, 2.45) is 0 Å². The second-order valence-electron chi connectivity index (χ2n) is 1.71. The molecule has 0 unspecified atom stereocenters. The van der Waals surface area contributed by atoms with Gasteiger partial charge in [0.1, 0.15) is 0 Å². The van der Waals surface area contributed by atoms with Crippen LogP contribution in [0.4, 0.5) is 0 Å². The molecule has 0 N–H and O–H groups in total. The van der Waals surface area contributed by atoms with Crippen LogP contribution in [0.15, 0.2) is 0 Å². The van der Waals surface area contributed by atoms with Gasteiger partial charge in [-0.05, 0) is 0 Å². The summed E-state index contributed by atoms with van der Waals surface area (Å²) >= 11 is 0.184. The summed E-state index contributed by atoms with van der Waals surface area (Å²) in [4.78, 5) is 0. The molecule has 0 aromatic rings. The van der Waals surface area contributed by atoms with Gasteiger partial charge in [-0.1, -0.05) is 0 Å². The van der Waals surface area contributed by atoms with Crippen molar-refractivity contribution in [1.82, 2.24) is 0 Å². The first kappa shape index (κ1) is 7.80. The van der Waals surface area contributed by atoms with E-state index in [4.69, 9.17) is 0 Å². The molecule has 0 radical (unpaired) electrons. The molecule has 0 aromatic carbocycles. The van der Waals surface area contributed by atoms with Crippen LogP contribution in [-0.4, -0.2) is 21.1 Å². The molecular weight excluding hydrogens is 191 g/mol. The van der Waals surface area contributed by atoms with Crippen molar-refractivity contribution in [1.29, 1.82) is 0 Å². The van der Waals surface area contributed by atoms with Gasteiger partial charge in [0.2, 0.25) is 0 Å². The molecule has 0 saturated carbocycles. The van der Waals surface area contributed by atoms with Gasteiger partial charge in [0.15, 0.2) is 0 Å². The minimum absolute atomic E-state index is 0.184. The standard InChI is InChI=1S/C4H9.C2H5.Sn/c1-3-4-2;1-2;/h1,3-4H2,2H3;1H2,2H3;/q;;+2. The van der Waals surface area contributed by atoms with Crippen molar-refractivity contribution in [3.8, 4) is 0 Å². The third kappa shape index (κ3) is 6.80. The Morgan fingerprint density at radius 3 is 2.43 bits per heavy atom. The van der Waals surface area contributed by atoms with E-state index in [1.807, 2.05) is 0 Å². The van der Waals surface area contributed by atoms with Gasteiger partial charge in [-0.2, -0.15) is 0 Å². The molecule has 0 aliphatic heterocycles. The summed E-state index contributed by atoms with van der Waals surface area (Å²) < 4.78 is 3.14. The van der Waals surface area contributed by atoms with Gasteiger partial charge < -0.3 is 0 Å². The predicted molar refractivity (Wildman–Crippen MR) is 35.9 cm³/mol. The molecule has 0 rings (SSSR count). The Labute approximate surface area is 56.9 Å². The molecule has 0 saturated heterocycles. The maximum absolute atomic E-state index is 2.32. The summed E-state index contributed by atoms with van der Waals surface area (Å²) in [7, 11) is 0. The summed E-state index contributed by atoms with van der Waals surface area (Å²) in [6.45, 7) is 4.59. The Hall–Kier alpha value is 0.799. The molecule has 7 heavy (non-hydrogen) atoms. The molecule has 0 heterocycles. The second-order valence-corrected chi connectivity index (χ2v) is 6.58. The third-order valence-corrected chi connectivity index (χ3v) is 4.40. The average Bonchev–Trinajstić information content (AvgIpc) is 1.69. The second kappa shape index (κ2) is 6.80. The summed E-state index contributed by atoms with van der Waals surface area (Å²) in [5.74, 6) is 0. The number of rotatable bonds is 4. The van der Waals surface area contributed by atoms with Crippen LogP contribution in [0.5, 0.6) is 0 Å². The molecule has 1 heteroatoms. The van der Waals surface area contributed by atoms with Gasteiger partial charge >= 0.3 is 56.7 Å². The Morgan fingerprint density at radius 2 is 2.00 bits per heavy atom. The number of hydrogen-bond acceptors (Lipinski definition) is 0. The van der Waals surface area contributed by atoms with E-state index in [2.05, 4.69) is 13.8 Å². The van der Waals surface area contributed by atoms with Crippen LogP contribution in [0.2, 0.25) is 8.87 Å². The van der Waals surface area contributed by atoms with Crippen molar-refractivity contribution in [2.75, 3.05) is 0 Å². The van der Waals surface area contributed by atoms with Crippen LogP contribution in [0.25, 0.3) is 0 Å². The topological polar surface area (TPSA) is 0 Å².